The Morgan fingerprint density at radius 1 is 1.10 bits per heavy atom. The lowest BCUT2D eigenvalue weighted by Crippen LogP contribution is -2.11. The average Bonchev–Trinajstić information content (AvgIpc) is 3.37. The summed E-state index contributed by atoms with van der Waals surface area (Å²) < 4.78 is 6.91. The molecule has 2 heterocycles. The highest BCUT2D eigenvalue weighted by Crippen LogP contribution is 2.23. The standard InChI is InChI=1S/C22H18N4O3S/c1-15-8-9-16(2)19(12-15)24-22-25(20(14-30-22)17-6-4-3-5-7-17)23-13-18-10-11-21(29-18)26(27)28/h3-14H,1-2H3. The van der Waals surface area contributed by atoms with Crippen LogP contribution in [0.1, 0.15) is 16.9 Å². The van der Waals surface area contributed by atoms with Gasteiger partial charge in [0, 0.05) is 10.9 Å². The van der Waals surface area contributed by atoms with Gasteiger partial charge in [-0.2, -0.15) is 5.10 Å². The number of nitro groups is 1. The molecular weight excluding hydrogens is 400 g/mol. The van der Waals surface area contributed by atoms with Gasteiger partial charge in [0.1, 0.15) is 4.92 Å². The van der Waals surface area contributed by atoms with E-state index in [2.05, 4.69) is 5.10 Å². The summed E-state index contributed by atoms with van der Waals surface area (Å²) in [5.74, 6) is -0.0348. The molecule has 7 nitrogen and oxygen atoms in total. The fourth-order valence-corrected chi connectivity index (χ4v) is 3.71. The van der Waals surface area contributed by atoms with Crippen LogP contribution >= 0.6 is 11.3 Å². The number of hydrogen-bond acceptors (Lipinski definition) is 6. The van der Waals surface area contributed by atoms with Crippen LogP contribution < -0.4 is 4.80 Å². The molecule has 0 amide bonds. The molecule has 0 aliphatic heterocycles. The van der Waals surface area contributed by atoms with Crippen molar-refractivity contribution in [2.45, 2.75) is 13.8 Å². The summed E-state index contributed by atoms with van der Waals surface area (Å²) in [6.45, 7) is 4.04. The molecule has 4 aromatic rings. The van der Waals surface area contributed by atoms with Gasteiger partial charge in [-0.3, -0.25) is 10.1 Å². The highest BCUT2D eigenvalue weighted by atomic mass is 32.1. The number of rotatable bonds is 5. The van der Waals surface area contributed by atoms with Crippen LogP contribution in [0, 0.1) is 24.0 Å². The van der Waals surface area contributed by atoms with Crippen LogP contribution in [0.15, 0.2) is 80.6 Å². The van der Waals surface area contributed by atoms with Crippen LogP contribution in [0.2, 0.25) is 0 Å². The molecule has 0 bridgehead atoms. The number of furan rings is 1. The number of hydrogen-bond donors (Lipinski definition) is 0. The summed E-state index contributed by atoms with van der Waals surface area (Å²) in [6.07, 6.45) is 1.45. The van der Waals surface area contributed by atoms with Gasteiger partial charge < -0.3 is 4.42 Å². The maximum absolute atomic E-state index is 10.9. The van der Waals surface area contributed by atoms with E-state index in [1.54, 1.807) is 4.68 Å². The van der Waals surface area contributed by atoms with Gasteiger partial charge in [-0.15, -0.1) is 11.3 Å². The van der Waals surface area contributed by atoms with Crippen molar-refractivity contribution in [2.75, 3.05) is 0 Å². The van der Waals surface area contributed by atoms with E-state index in [9.17, 15) is 10.1 Å². The number of aromatic nitrogens is 1. The quantitative estimate of drug-likeness (QED) is 0.245. The summed E-state index contributed by atoms with van der Waals surface area (Å²) in [5.41, 5.74) is 4.90. The first-order chi connectivity index (χ1) is 14.5. The molecule has 0 atom stereocenters. The van der Waals surface area contributed by atoms with Crippen LogP contribution in [0.3, 0.4) is 0 Å². The third kappa shape index (κ3) is 4.13. The highest BCUT2D eigenvalue weighted by Gasteiger charge is 2.12. The molecule has 30 heavy (non-hydrogen) atoms. The smallest absolute Gasteiger partial charge is 0.400 e. The average molecular weight is 418 g/mol. The van der Waals surface area contributed by atoms with Gasteiger partial charge in [0.05, 0.1) is 23.7 Å². The molecule has 0 spiro atoms. The Labute approximate surface area is 176 Å². The van der Waals surface area contributed by atoms with Crippen molar-refractivity contribution in [1.29, 1.82) is 0 Å². The van der Waals surface area contributed by atoms with Gasteiger partial charge in [0.2, 0.25) is 4.80 Å². The van der Waals surface area contributed by atoms with Crippen molar-refractivity contribution >= 4 is 29.1 Å². The maximum Gasteiger partial charge on any atom is 0.433 e. The summed E-state index contributed by atoms with van der Waals surface area (Å²) in [7, 11) is 0. The van der Waals surface area contributed by atoms with Gasteiger partial charge in [0.25, 0.3) is 0 Å². The van der Waals surface area contributed by atoms with E-state index >= 15 is 0 Å². The van der Waals surface area contributed by atoms with E-state index in [0.29, 0.717) is 4.80 Å². The first-order valence-electron chi connectivity index (χ1n) is 9.18. The zero-order chi connectivity index (χ0) is 21.1. The SMILES string of the molecule is Cc1ccc(C)c(N=c2scc(-c3ccccc3)n2N=Cc2ccc([N+](=O)[O-])o2)c1. The minimum atomic E-state index is -0.578. The second-order valence-electron chi connectivity index (χ2n) is 6.66. The molecule has 0 aliphatic carbocycles. The predicted octanol–water partition coefficient (Wildman–Crippen LogP) is 5.45. The van der Waals surface area contributed by atoms with Crippen molar-refractivity contribution in [3.63, 3.8) is 0 Å². The topological polar surface area (TPSA) is 85.9 Å². The summed E-state index contributed by atoms with van der Waals surface area (Å²) >= 11 is 1.47. The van der Waals surface area contributed by atoms with Crippen LogP contribution in [-0.2, 0) is 0 Å². The first-order valence-corrected chi connectivity index (χ1v) is 10.1. The van der Waals surface area contributed by atoms with Gasteiger partial charge >= 0.3 is 5.88 Å². The predicted molar refractivity (Wildman–Crippen MR) is 117 cm³/mol. The van der Waals surface area contributed by atoms with E-state index in [4.69, 9.17) is 9.41 Å². The maximum atomic E-state index is 10.9. The van der Waals surface area contributed by atoms with Crippen molar-refractivity contribution in [3.05, 3.63) is 97.8 Å². The Kier molecular flexibility index (Phi) is 5.40. The first kappa shape index (κ1) is 19.5. The zero-order valence-electron chi connectivity index (χ0n) is 16.4. The molecule has 0 unspecified atom stereocenters. The molecule has 0 saturated carbocycles. The van der Waals surface area contributed by atoms with E-state index < -0.39 is 4.92 Å². The fourth-order valence-electron chi connectivity index (χ4n) is 2.86. The van der Waals surface area contributed by atoms with Crippen LogP contribution in [0.5, 0.6) is 0 Å². The van der Waals surface area contributed by atoms with Crippen molar-refractivity contribution in [1.82, 2.24) is 4.68 Å². The Bertz CT molecular complexity index is 1300. The number of aryl methyl sites for hydroxylation is 2. The Balaban J connectivity index is 1.84. The number of thiazole rings is 1. The van der Waals surface area contributed by atoms with E-state index in [1.807, 2.05) is 67.8 Å². The molecule has 2 aromatic heterocycles. The normalized spacial score (nSPS) is 12.0. The molecule has 8 heteroatoms. The second kappa shape index (κ2) is 8.30. The van der Waals surface area contributed by atoms with Crippen LogP contribution in [-0.4, -0.2) is 15.8 Å². The lowest BCUT2D eigenvalue weighted by Gasteiger charge is -2.04. The fraction of sp³-hybridized carbons (Fsp3) is 0.0909. The third-order valence-electron chi connectivity index (χ3n) is 4.43. The van der Waals surface area contributed by atoms with E-state index in [-0.39, 0.29) is 11.6 Å². The zero-order valence-corrected chi connectivity index (χ0v) is 17.2. The lowest BCUT2D eigenvalue weighted by atomic mass is 10.1. The number of benzene rings is 2. The minimum Gasteiger partial charge on any atom is -0.400 e. The molecule has 0 N–H and O–H groups in total. The third-order valence-corrected chi connectivity index (χ3v) is 5.24. The molecular formula is C22H18N4O3S. The molecule has 0 radical (unpaired) electrons. The second-order valence-corrected chi connectivity index (χ2v) is 7.50. The molecule has 0 saturated heterocycles. The Hall–Kier alpha value is -3.78. The number of nitrogens with zero attached hydrogens (tertiary/aromatic N) is 4. The summed E-state index contributed by atoms with van der Waals surface area (Å²) in [5, 5.41) is 17.4. The van der Waals surface area contributed by atoms with Crippen LogP contribution in [0.25, 0.3) is 11.3 Å². The van der Waals surface area contributed by atoms with Crippen molar-refractivity contribution in [3.8, 4) is 11.3 Å². The monoisotopic (exact) mass is 418 g/mol. The molecule has 0 aliphatic rings. The minimum absolute atomic E-state index is 0.289. The van der Waals surface area contributed by atoms with Gasteiger partial charge in [-0.05, 0) is 37.1 Å². The highest BCUT2D eigenvalue weighted by molar-refractivity contribution is 7.07. The van der Waals surface area contributed by atoms with Gasteiger partial charge in [0.15, 0.2) is 5.76 Å². The summed E-state index contributed by atoms with van der Waals surface area (Å²) in [4.78, 5) is 15.8. The van der Waals surface area contributed by atoms with Gasteiger partial charge in [-0.1, -0.05) is 42.5 Å². The summed E-state index contributed by atoms with van der Waals surface area (Å²) in [6, 6.07) is 18.8. The van der Waals surface area contributed by atoms with Crippen molar-refractivity contribution in [2.24, 2.45) is 10.1 Å². The van der Waals surface area contributed by atoms with Crippen LogP contribution in [0.4, 0.5) is 11.6 Å². The van der Waals surface area contributed by atoms with Crippen molar-refractivity contribution < 1.29 is 9.34 Å². The molecule has 4 rings (SSSR count). The van der Waals surface area contributed by atoms with E-state index in [0.717, 1.165) is 28.1 Å². The Morgan fingerprint density at radius 3 is 2.63 bits per heavy atom. The molecule has 0 fully saturated rings. The van der Waals surface area contributed by atoms with Gasteiger partial charge in [-0.25, -0.2) is 9.67 Å². The largest absolute Gasteiger partial charge is 0.433 e. The Morgan fingerprint density at radius 2 is 1.90 bits per heavy atom. The molecule has 2 aromatic carbocycles. The lowest BCUT2D eigenvalue weighted by molar-refractivity contribution is -0.402. The van der Waals surface area contributed by atoms with E-state index in [1.165, 1.54) is 29.7 Å². The molecule has 150 valence electrons.